The van der Waals surface area contributed by atoms with Crippen molar-refractivity contribution in [2.24, 2.45) is 39.4 Å². The van der Waals surface area contributed by atoms with Crippen molar-refractivity contribution in [3.63, 3.8) is 0 Å². The molecule has 0 bridgehead atoms. The van der Waals surface area contributed by atoms with E-state index < -0.39 is 41.8 Å². The maximum Gasteiger partial charge on any atom is 0.338 e. The van der Waals surface area contributed by atoms with Gasteiger partial charge in [-0.05, 0) is 72.5 Å². The van der Waals surface area contributed by atoms with E-state index in [1.54, 1.807) is 0 Å². The third-order valence-corrected chi connectivity index (χ3v) is 11.2. The number of carbonyl (C=O) groups excluding carboxylic acids is 3. The third kappa shape index (κ3) is 3.44. The Morgan fingerprint density at radius 3 is 2.22 bits per heavy atom. The molecule has 0 amide bonds. The molecule has 0 saturated heterocycles. The van der Waals surface area contributed by atoms with E-state index in [-0.39, 0.29) is 28.1 Å². The van der Waals surface area contributed by atoms with E-state index in [1.807, 2.05) is 0 Å². The molecule has 3 saturated carbocycles. The van der Waals surface area contributed by atoms with Crippen molar-refractivity contribution < 1.29 is 33.7 Å². The van der Waals surface area contributed by atoms with Gasteiger partial charge in [-0.2, -0.15) is 0 Å². The zero-order valence-electron chi connectivity index (χ0n) is 22.8. The zero-order valence-corrected chi connectivity index (χ0v) is 22.8. The number of carbonyl (C=O) groups is 3. The lowest BCUT2D eigenvalue weighted by atomic mass is 9.35. The Bertz CT molecular complexity index is 1030. The fourth-order valence-corrected chi connectivity index (χ4v) is 10.3. The summed E-state index contributed by atoms with van der Waals surface area (Å²) in [6, 6.07) is 0. The Morgan fingerprint density at radius 1 is 0.944 bits per heavy atom. The van der Waals surface area contributed by atoms with Gasteiger partial charge in [0, 0.05) is 19.3 Å². The van der Waals surface area contributed by atoms with Gasteiger partial charge in [0.25, 0.3) is 6.29 Å². The highest BCUT2D eigenvalue weighted by molar-refractivity contribution is 5.95. The zero-order chi connectivity index (χ0) is 26.4. The fourth-order valence-electron chi connectivity index (χ4n) is 10.3. The summed E-state index contributed by atoms with van der Waals surface area (Å²) >= 11 is 0. The molecule has 1 N–H and O–H groups in total. The molecule has 5 aliphatic rings. The second-order valence-electron chi connectivity index (χ2n) is 13.7. The predicted molar refractivity (Wildman–Crippen MR) is 131 cm³/mol. The molecule has 9 atom stereocenters. The van der Waals surface area contributed by atoms with Crippen LogP contribution < -0.4 is 0 Å². The van der Waals surface area contributed by atoms with Crippen molar-refractivity contribution in [2.75, 3.05) is 0 Å². The van der Waals surface area contributed by atoms with E-state index in [0.717, 1.165) is 25.7 Å². The summed E-state index contributed by atoms with van der Waals surface area (Å²) in [6.07, 6.45) is 4.00. The van der Waals surface area contributed by atoms with Crippen molar-refractivity contribution in [3.05, 3.63) is 11.1 Å². The van der Waals surface area contributed by atoms with E-state index in [4.69, 9.17) is 14.2 Å². The van der Waals surface area contributed by atoms with Crippen LogP contribution in [0.1, 0.15) is 93.4 Å². The summed E-state index contributed by atoms with van der Waals surface area (Å²) in [5.41, 5.74) is 0.183. The average molecular weight is 503 g/mol. The molecule has 200 valence electrons. The van der Waals surface area contributed by atoms with Crippen molar-refractivity contribution in [3.8, 4) is 0 Å². The number of hydrogen-bond acceptors (Lipinski definition) is 7. The maximum atomic E-state index is 13.3. The monoisotopic (exact) mass is 502 g/mol. The number of cyclic esters (lactones) is 1. The minimum Gasteiger partial charge on any atom is -0.458 e. The second kappa shape index (κ2) is 8.05. The first-order valence-electron chi connectivity index (χ1n) is 13.6. The van der Waals surface area contributed by atoms with Gasteiger partial charge in [0.05, 0.1) is 17.3 Å². The number of rotatable bonds is 2. The number of aliphatic hydroxyl groups is 1. The van der Waals surface area contributed by atoms with Gasteiger partial charge < -0.3 is 19.3 Å². The average Bonchev–Trinajstić information content (AvgIpc) is 3.04. The van der Waals surface area contributed by atoms with Crippen LogP contribution in [0.4, 0.5) is 0 Å². The van der Waals surface area contributed by atoms with Gasteiger partial charge in [-0.15, -0.1) is 0 Å². The Hall–Kier alpha value is -1.89. The third-order valence-electron chi connectivity index (χ3n) is 11.2. The van der Waals surface area contributed by atoms with E-state index in [0.29, 0.717) is 29.9 Å². The SMILES string of the molecule is CC(=O)O[C@H]1OC(=O)C2=C1[C@@H](OC(C)=O)C[C@H]1[C@]3(C)CC[C@H]4C(C)(C)CCC[C@]4(C)[C@H]3[C@@H](O)C[C@]21C. The number of ether oxygens (including phenoxy) is 3. The Morgan fingerprint density at radius 2 is 1.58 bits per heavy atom. The molecular formula is C29H42O7. The standard InChI is InChI=1S/C29H42O7/c1-15(30)34-18-13-20-28(6)12-9-19-26(3,4)10-8-11-27(19,5)23(28)17(32)14-29(20,7)22-21(18)25(35-16(2)31)36-24(22)33/h17-20,23,25,32H,8-14H2,1-7H3/t17-,18-,19-,20-,23+,25-,27-,28-,29-/m0/s1. The van der Waals surface area contributed by atoms with E-state index in [2.05, 4.69) is 34.6 Å². The summed E-state index contributed by atoms with van der Waals surface area (Å²) < 4.78 is 16.7. The normalized spacial score (nSPS) is 47.1. The molecule has 0 aromatic carbocycles. The van der Waals surface area contributed by atoms with Crippen molar-refractivity contribution >= 4 is 17.9 Å². The predicted octanol–water partition coefficient (Wildman–Crippen LogP) is 4.70. The largest absolute Gasteiger partial charge is 0.458 e. The Labute approximate surface area is 214 Å². The van der Waals surface area contributed by atoms with Gasteiger partial charge in [-0.25, -0.2) is 4.79 Å². The van der Waals surface area contributed by atoms with Crippen LogP contribution in [0, 0.1) is 39.4 Å². The van der Waals surface area contributed by atoms with Crippen LogP contribution in [-0.4, -0.2) is 41.5 Å². The molecule has 4 aliphatic carbocycles. The molecule has 0 aromatic heterocycles. The molecule has 0 radical (unpaired) electrons. The molecule has 36 heavy (non-hydrogen) atoms. The lowest BCUT2D eigenvalue weighted by Gasteiger charge is -2.70. The van der Waals surface area contributed by atoms with Gasteiger partial charge in [0.1, 0.15) is 6.10 Å². The molecule has 7 heteroatoms. The van der Waals surface area contributed by atoms with E-state index in [9.17, 15) is 19.5 Å². The van der Waals surface area contributed by atoms with E-state index >= 15 is 0 Å². The van der Waals surface area contributed by atoms with Crippen molar-refractivity contribution in [1.29, 1.82) is 0 Å². The molecule has 0 aromatic rings. The molecule has 1 heterocycles. The second-order valence-corrected chi connectivity index (χ2v) is 13.7. The minimum absolute atomic E-state index is 0.00244. The quantitative estimate of drug-likeness (QED) is 0.547. The number of fused-ring (bicyclic) bond motifs is 6. The van der Waals surface area contributed by atoms with Gasteiger partial charge in [-0.1, -0.05) is 41.0 Å². The van der Waals surface area contributed by atoms with Crippen LogP contribution in [0.5, 0.6) is 0 Å². The first-order chi connectivity index (χ1) is 16.6. The van der Waals surface area contributed by atoms with Crippen molar-refractivity contribution in [1.82, 2.24) is 0 Å². The summed E-state index contributed by atoms with van der Waals surface area (Å²) in [6.45, 7) is 14.1. The van der Waals surface area contributed by atoms with Gasteiger partial charge >= 0.3 is 17.9 Å². The lowest BCUT2D eigenvalue weighted by molar-refractivity contribution is -0.232. The topological polar surface area (TPSA) is 99.1 Å². The molecule has 5 rings (SSSR count). The van der Waals surface area contributed by atoms with Gasteiger partial charge in [0.2, 0.25) is 0 Å². The van der Waals surface area contributed by atoms with Gasteiger partial charge in [0.15, 0.2) is 0 Å². The van der Waals surface area contributed by atoms with Gasteiger partial charge in [-0.3, -0.25) is 9.59 Å². The van der Waals surface area contributed by atoms with E-state index in [1.165, 1.54) is 20.3 Å². The summed E-state index contributed by atoms with van der Waals surface area (Å²) in [5.74, 6) is -0.927. The lowest BCUT2D eigenvalue weighted by Crippen LogP contribution is -2.66. The van der Waals surface area contributed by atoms with Crippen LogP contribution in [0.3, 0.4) is 0 Å². The summed E-state index contributed by atoms with van der Waals surface area (Å²) in [7, 11) is 0. The smallest absolute Gasteiger partial charge is 0.338 e. The first kappa shape index (κ1) is 25.7. The Kier molecular flexibility index (Phi) is 5.76. The van der Waals surface area contributed by atoms with Crippen LogP contribution in [0.2, 0.25) is 0 Å². The highest BCUT2D eigenvalue weighted by Gasteiger charge is 2.70. The molecule has 7 nitrogen and oxygen atoms in total. The minimum atomic E-state index is -1.19. The summed E-state index contributed by atoms with van der Waals surface area (Å²) in [4.78, 5) is 37.3. The molecule has 0 unspecified atom stereocenters. The fraction of sp³-hybridized carbons (Fsp3) is 0.828. The number of aliphatic hydroxyl groups excluding tert-OH is 1. The molecule has 0 spiro atoms. The van der Waals surface area contributed by atoms with Crippen LogP contribution in [0.25, 0.3) is 0 Å². The first-order valence-corrected chi connectivity index (χ1v) is 13.6. The molecule has 3 fully saturated rings. The number of esters is 3. The summed E-state index contributed by atoms with van der Waals surface area (Å²) in [5, 5.41) is 11.9. The molecule has 1 aliphatic heterocycles. The van der Waals surface area contributed by atoms with Crippen LogP contribution >= 0.6 is 0 Å². The highest BCUT2D eigenvalue weighted by atomic mass is 16.7. The Balaban J connectivity index is 1.63. The highest BCUT2D eigenvalue weighted by Crippen LogP contribution is 2.73. The van der Waals surface area contributed by atoms with Crippen LogP contribution in [-0.2, 0) is 28.6 Å². The van der Waals surface area contributed by atoms with Crippen LogP contribution in [0.15, 0.2) is 11.1 Å². The van der Waals surface area contributed by atoms with Crippen molar-refractivity contribution in [2.45, 2.75) is 112 Å². The number of hydrogen-bond donors (Lipinski definition) is 1. The molecular weight excluding hydrogens is 460 g/mol. The maximum absolute atomic E-state index is 13.3.